The number of nitrogens with two attached hydrogens (primary N) is 1. The predicted molar refractivity (Wildman–Crippen MR) is 76.4 cm³/mol. The standard InChI is InChI=1S/C14H22N2O3/c1-4-19-14(17)11-6-5-7-12(15)13(11)16-10(2)8-9-18-3/h5-7,10,16H,4,8-9,15H2,1-3H3. The summed E-state index contributed by atoms with van der Waals surface area (Å²) in [5.74, 6) is -0.365. The smallest absolute Gasteiger partial charge is 0.340 e. The maximum atomic E-state index is 11.9. The van der Waals surface area contributed by atoms with Gasteiger partial charge in [-0.2, -0.15) is 0 Å². The number of para-hydroxylation sites is 1. The molecule has 1 rings (SSSR count). The summed E-state index contributed by atoms with van der Waals surface area (Å²) < 4.78 is 10.1. The normalized spacial score (nSPS) is 11.9. The van der Waals surface area contributed by atoms with Gasteiger partial charge in [-0.05, 0) is 32.4 Å². The van der Waals surface area contributed by atoms with Gasteiger partial charge < -0.3 is 20.5 Å². The summed E-state index contributed by atoms with van der Waals surface area (Å²) in [4.78, 5) is 11.9. The van der Waals surface area contributed by atoms with Crippen LogP contribution in [0.3, 0.4) is 0 Å². The topological polar surface area (TPSA) is 73.6 Å². The number of anilines is 2. The van der Waals surface area contributed by atoms with E-state index < -0.39 is 0 Å². The van der Waals surface area contributed by atoms with Crippen molar-refractivity contribution in [2.75, 3.05) is 31.4 Å². The van der Waals surface area contributed by atoms with Crippen molar-refractivity contribution >= 4 is 17.3 Å². The minimum atomic E-state index is -0.365. The third-order valence-corrected chi connectivity index (χ3v) is 2.74. The number of esters is 1. The lowest BCUT2D eigenvalue weighted by Gasteiger charge is -2.19. The number of nitrogen functional groups attached to an aromatic ring is 1. The highest BCUT2D eigenvalue weighted by Crippen LogP contribution is 2.25. The molecule has 0 bridgehead atoms. The number of benzene rings is 1. The van der Waals surface area contributed by atoms with Crippen LogP contribution >= 0.6 is 0 Å². The summed E-state index contributed by atoms with van der Waals surface area (Å²) in [5.41, 5.74) is 7.56. The number of methoxy groups -OCH3 is 1. The van der Waals surface area contributed by atoms with Crippen molar-refractivity contribution in [2.45, 2.75) is 26.3 Å². The number of ether oxygens (including phenoxy) is 2. The molecule has 0 fully saturated rings. The SMILES string of the molecule is CCOC(=O)c1cccc(N)c1NC(C)CCOC. The lowest BCUT2D eigenvalue weighted by Crippen LogP contribution is -2.20. The molecule has 0 heterocycles. The highest BCUT2D eigenvalue weighted by molar-refractivity contribution is 5.98. The molecule has 0 saturated heterocycles. The first-order valence-electron chi connectivity index (χ1n) is 6.41. The first-order chi connectivity index (χ1) is 9.10. The highest BCUT2D eigenvalue weighted by Gasteiger charge is 2.16. The Kier molecular flexibility index (Phi) is 6.15. The molecule has 1 aromatic rings. The molecular weight excluding hydrogens is 244 g/mol. The lowest BCUT2D eigenvalue weighted by molar-refractivity contribution is 0.0527. The van der Waals surface area contributed by atoms with Gasteiger partial charge in [-0.3, -0.25) is 0 Å². The molecule has 106 valence electrons. The monoisotopic (exact) mass is 266 g/mol. The van der Waals surface area contributed by atoms with Crippen molar-refractivity contribution in [3.05, 3.63) is 23.8 Å². The Hall–Kier alpha value is -1.75. The molecular formula is C14H22N2O3. The van der Waals surface area contributed by atoms with Crippen molar-refractivity contribution in [1.29, 1.82) is 0 Å². The summed E-state index contributed by atoms with van der Waals surface area (Å²) in [5, 5.41) is 3.25. The summed E-state index contributed by atoms with van der Waals surface area (Å²) in [6, 6.07) is 5.36. The summed E-state index contributed by atoms with van der Waals surface area (Å²) >= 11 is 0. The molecule has 1 aromatic carbocycles. The summed E-state index contributed by atoms with van der Waals surface area (Å²) in [6.45, 7) is 4.78. The van der Waals surface area contributed by atoms with Crippen LogP contribution in [0, 0.1) is 0 Å². The van der Waals surface area contributed by atoms with E-state index in [1.54, 1.807) is 32.2 Å². The molecule has 1 unspecified atom stereocenters. The number of nitrogens with one attached hydrogen (secondary N) is 1. The molecule has 19 heavy (non-hydrogen) atoms. The van der Waals surface area contributed by atoms with Gasteiger partial charge in [0.1, 0.15) is 0 Å². The van der Waals surface area contributed by atoms with Crippen LogP contribution in [0.25, 0.3) is 0 Å². The van der Waals surface area contributed by atoms with E-state index in [0.717, 1.165) is 6.42 Å². The van der Waals surface area contributed by atoms with Gasteiger partial charge in [0.25, 0.3) is 0 Å². The van der Waals surface area contributed by atoms with Crippen LogP contribution in [-0.2, 0) is 9.47 Å². The van der Waals surface area contributed by atoms with E-state index in [1.165, 1.54) is 0 Å². The van der Waals surface area contributed by atoms with Crippen LogP contribution in [0.15, 0.2) is 18.2 Å². The molecule has 5 nitrogen and oxygen atoms in total. The van der Waals surface area contributed by atoms with Crippen LogP contribution in [0.1, 0.15) is 30.6 Å². The maximum Gasteiger partial charge on any atom is 0.340 e. The van der Waals surface area contributed by atoms with E-state index in [4.69, 9.17) is 15.2 Å². The number of carbonyl (C=O) groups is 1. The molecule has 0 aliphatic heterocycles. The second-order valence-corrected chi connectivity index (χ2v) is 4.32. The third-order valence-electron chi connectivity index (χ3n) is 2.74. The number of carbonyl (C=O) groups excluding carboxylic acids is 1. The van der Waals surface area contributed by atoms with Crippen molar-refractivity contribution in [3.8, 4) is 0 Å². The fourth-order valence-corrected chi connectivity index (χ4v) is 1.72. The Morgan fingerprint density at radius 3 is 2.84 bits per heavy atom. The molecule has 0 spiro atoms. The lowest BCUT2D eigenvalue weighted by atomic mass is 10.1. The average molecular weight is 266 g/mol. The zero-order chi connectivity index (χ0) is 14.3. The van der Waals surface area contributed by atoms with Crippen LogP contribution in [0.2, 0.25) is 0 Å². The second kappa shape index (κ2) is 7.63. The molecule has 0 radical (unpaired) electrons. The molecule has 0 aromatic heterocycles. The number of hydrogen-bond donors (Lipinski definition) is 2. The van der Waals surface area contributed by atoms with Crippen molar-refractivity contribution in [1.82, 2.24) is 0 Å². The number of rotatable bonds is 7. The molecule has 0 saturated carbocycles. The first kappa shape index (κ1) is 15.3. The van der Waals surface area contributed by atoms with Gasteiger partial charge >= 0.3 is 5.97 Å². The van der Waals surface area contributed by atoms with E-state index in [0.29, 0.717) is 30.2 Å². The molecule has 5 heteroatoms. The quantitative estimate of drug-likeness (QED) is 0.585. The Balaban J connectivity index is 2.88. The fourth-order valence-electron chi connectivity index (χ4n) is 1.72. The zero-order valence-corrected chi connectivity index (χ0v) is 11.7. The fraction of sp³-hybridized carbons (Fsp3) is 0.500. The summed E-state index contributed by atoms with van der Waals surface area (Å²) in [7, 11) is 1.66. The van der Waals surface area contributed by atoms with E-state index >= 15 is 0 Å². The Morgan fingerprint density at radius 2 is 2.21 bits per heavy atom. The van der Waals surface area contributed by atoms with E-state index in [9.17, 15) is 4.79 Å². The minimum absolute atomic E-state index is 0.151. The van der Waals surface area contributed by atoms with E-state index in [-0.39, 0.29) is 12.0 Å². The predicted octanol–water partition coefficient (Wildman–Crippen LogP) is 2.28. The third kappa shape index (κ3) is 4.44. The molecule has 0 aliphatic rings. The van der Waals surface area contributed by atoms with E-state index in [1.807, 2.05) is 6.92 Å². The molecule has 1 atom stereocenters. The highest BCUT2D eigenvalue weighted by atomic mass is 16.5. The van der Waals surface area contributed by atoms with Crippen LogP contribution in [0.5, 0.6) is 0 Å². The second-order valence-electron chi connectivity index (χ2n) is 4.32. The van der Waals surface area contributed by atoms with Gasteiger partial charge in [0.05, 0.1) is 23.5 Å². The molecule has 3 N–H and O–H groups in total. The van der Waals surface area contributed by atoms with E-state index in [2.05, 4.69) is 5.32 Å². The zero-order valence-electron chi connectivity index (χ0n) is 11.7. The van der Waals surface area contributed by atoms with Crippen LogP contribution < -0.4 is 11.1 Å². The molecule has 0 aliphatic carbocycles. The van der Waals surface area contributed by atoms with Crippen molar-refractivity contribution in [2.24, 2.45) is 0 Å². The molecule has 0 amide bonds. The van der Waals surface area contributed by atoms with Crippen LogP contribution in [0.4, 0.5) is 11.4 Å². The van der Waals surface area contributed by atoms with Gasteiger partial charge in [-0.25, -0.2) is 4.79 Å². The first-order valence-corrected chi connectivity index (χ1v) is 6.41. The van der Waals surface area contributed by atoms with Crippen molar-refractivity contribution < 1.29 is 14.3 Å². The summed E-state index contributed by atoms with van der Waals surface area (Å²) in [6.07, 6.45) is 0.826. The Labute approximate surface area is 114 Å². The van der Waals surface area contributed by atoms with Crippen LogP contribution in [-0.4, -0.2) is 32.3 Å². The Bertz CT molecular complexity index is 421. The van der Waals surface area contributed by atoms with Gasteiger partial charge in [0, 0.05) is 19.8 Å². The number of hydrogen-bond acceptors (Lipinski definition) is 5. The van der Waals surface area contributed by atoms with Gasteiger partial charge in [-0.15, -0.1) is 0 Å². The van der Waals surface area contributed by atoms with Crippen molar-refractivity contribution in [3.63, 3.8) is 0 Å². The van der Waals surface area contributed by atoms with Gasteiger partial charge in [0.15, 0.2) is 0 Å². The van der Waals surface area contributed by atoms with Gasteiger partial charge in [-0.1, -0.05) is 6.07 Å². The minimum Gasteiger partial charge on any atom is -0.462 e. The largest absolute Gasteiger partial charge is 0.462 e. The average Bonchev–Trinajstić information content (AvgIpc) is 2.39. The van der Waals surface area contributed by atoms with Gasteiger partial charge in [0.2, 0.25) is 0 Å². The Morgan fingerprint density at radius 1 is 1.47 bits per heavy atom. The maximum absolute atomic E-state index is 11.9.